The molecule has 0 bridgehead atoms. The van der Waals surface area contributed by atoms with E-state index >= 15 is 0 Å². The zero-order chi connectivity index (χ0) is 11.0. The van der Waals surface area contributed by atoms with Crippen LogP contribution in [-0.2, 0) is 12.8 Å². The van der Waals surface area contributed by atoms with Crippen LogP contribution in [0, 0.1) is 0 Å². The third kappa shape index (κ3) is 1.52. The fourth-order valence-electron chi connectivity index (χ4n) is 2.95. The molecule has 3 rings (SSSR count). The zero-order valence-electron chi connectivity index (χ0n) is 9.88. The van der Waals surface area contributed by atoms with Gasteiger partial charge in [-0.25, -0.2) is 0 Å². The SMILES string of the molecule is CC[C@H]1COc2ccc3c(c21)CCNCC3. The zero-order valence-corrected chi connectivity index (χ0v) is 9.88. The van der Waals surface area contributed by atoms with E-state index in [1.807, 2.05) is 0 Å². The summed E-state index contributed by atoms with van der Waals surface area (Å²) in [7, 11) is 0. The first kappa shape index (κ1) is 10.2. The van der Waals surface area contributed by atoms with Gasteiger partial charge in [-0.2, -0.15) is 0 Å². The standard InChI is InChI=1S/C14H19NO/c1-2-10-9-16-13-4-3-11-5-7-15-8-6-12(11)14(10)13/h3-4,10,15H,2,5-9H2,1H3/t10-/m0/s1. The predicted octanol–water partition coefficient (Wildman–Crippen LogP) is 2.26. The summed E-state index contributed by atoms with van der Waals surface area (Å²) in [5, 5.41) is 3.48. The Labute approximate surface area is 97.0 Å². The summed E-state index contributed by atoms with van der Waals surface area (Å²) in [6.07, 6.45) is 3.52. The van der Waals surface area contributed by atoms with Crippen molar-refractivity contribution in [2.24, 2.45) is 0 Å². The highest BCUT2D eigenvalue weighted by Crippen LogP contribution is 2.40. The van der Waals surface area contributed by atoms with E-state index in [9.17, 15) is 0 Å². The Balaban J connectivity index is 2.09. The molecule has 2 heterocycles. The van der Waals surface area contributed by atoms with Crippen molar-refractivity contribution < 1.29 is 4.74 Å². The molecule has 2 nitrogen and oxygen atoms in total. The summed E-state index contributed by atoms with van der Waals surface area (Å²) < 4.78 is 5.79. The van der Waals surface area contributed by atoms with Crippen molar-refractivity contribution in [2.75, 3.05) is 19.7 Å². The maximum Gasteiger partial charge on any atom is 0.123 e. The predicted molar refractivity (Wildman–Crippen MR) is 65.2 cm³/mol. The van der Waals surface area contributed by atoms with Gasteiger partial charge in [-0.05, 0) is 49.5 Å². The lowest BCUT2D eigenvalue weighted by Crippen LogP contribution is -2.16. The second-order valence-electron chi connectivity index (χ2n) is 4.78. The van der Waals surface area contributed by atoms with Crippen LogP contribution in [-0.4, -0.2) is 19.7 Å². The third-order valence-electron chi connectivity index (χ3n) is 3.88. The van der Waals surface area contributed by atoms with E-state index in [0.717, 1.165) is 25.4 Å². The molecule has 1 aromatic rings. The fraction of sp³-hybridized carbons (Fsp3) is 0.571. The van der Waals surface area contributed by atoms with Crippen molar-refractivity contribution in [2.45, 2.75) is 32.1 Å². The van der Waals surface area contributed by atoms with E-state index in [4.69, 9.17) is 4.74 Å². The Bertz CT molecular complexity index is 400. The van der Waals surface area contributed by atoms with Crippen molar-refractivity contribution in [3.63, 3.8) is 0 Å². The number of rotatable bonds is 1. The molecule has 2 aliphatic rings. The van der Waals surface area contributed by atoms with Crippen LogP contribution in [0.3, 0.4) is 0 Å². The van der Waals surface area contributed by atoms with Gasteiger partial charge in [0.1, 0.15) is 5.75 Å². The molecular weight excluding hydrogens is 198 g/mol. The van der Waals surface area contributed by atoms with Crippen molar-refractivity contribution in [3.05, 3.63) is 28.8 Å². The van der Waals surface area contributed by atoms with E-state index in [1.54, 1.807) is 5.56 Å². The first-order valence-corrected chi connectivity index (χ1v) is 6.38. The van der Waals surface area contributed by atoms with Crippen molar-refractivity contribution in [3.8, 4) is 5.75 Å². The van der Waals surface area contributed by atoms with Crippen molar-refractivity contribution >= 4 is 0 Å². The topological polar surface area (TPSA) is 21.3 Å². The van der Waals surface area contributed by atoms with Crippen LogP contribution in [0.25, 0.3) is 0 Å². The molecule has 0 spiro atoms. The second-order valence-corrected chi connectivity index (χ2v) is 4.78. The van der Waals surface area contributed by atoms with Crippen LogP contribution in [0.15, 0.2) is 12.1 Å². The van der Waals surface area contributed by atoms with E-state index in [2.05, 4.69) is 24.4 Å². The van der Waals surface area contributed by atoms with Gasteiger partial charge in [0.15, 0.2) is 0 Å². The Kier molecular flexibility index (Phi) is 2.60. The van der Waals surface area contributed by atoms with Gasteiger partial charge in [-0.15, -0.1) is 0 Å². The molecule has 2 aliphatic heterocycles. The molecule has 2 heteroatoms. The Morgan fingerprint density at radius 3 is 3.06 bits per heavy atom. The maximum absolute atomic E-state index is 5.79. The summed E-state index contributed by atoms with van der Waals surface area (Å²) in [4.78, 5) is 0. The summed E-state index contributed by atoms with van der Waals surface area (Å²) >= 11 is 0. The highest BCUT2D eigenvalue weighted by molar-refractivity contribution is 5.50. The Morgan fingerprint density at radius 1 is 1.31 bits per heavy atom. The fourth-order valence-corrected chi connectivity index (χ4v) is 2.95. The van der Waals surface area contributed by atoms with Crippen LogP contribution in [0.5, 0.6) is 5.75 Å². The maximum atomic E-state index is 5.79. The van der Waals surface area contributed by atoms with E-state index in [0.29, 0.717) is 5.92 Å². The van der Waals surface area contributed by atoms with E-state index < -0.39 is 0 Å². The summed E-state index contributed by atoms with van der Waals surface area (Å²) in [5.41, 5.74) is 4.63. The number of hydrogen-bond donors (Lipinski definition) is 1. The summed E-state index contributed by atoms with van der Waals surface area (Å²) in [6, 6.07) is 4.44. The monoisotopic (exact) mass is 217 g/mol. The number of benzene rings is 1. The van der Waals surface area contributed by atoms with Crippen molar-refractivity contribution in [1.82, 2.24) is 5.32 Å². The van der Waals surface area contributed by atoms with Gasteiger partial charge in [0.2, 0.25) is 0 Å². The smallest absolute Gasteiger partial charge is 0.123 e. The van der Waals surface area contributed by atoms with Gasteiger partial charge in [0.05, 0.1) is 6.61 Å². The average molecular weight is 217 g/mol. The van der Waals surface area contributed by atoms with Crippen LogP contribution >= 0.6 is 0 Å². The molecule has 0 fully saturated rings. The van der Waals surface area contributed by atoms with E-state index in [-0.39, 0.29) is 0 Å². The van der Waals surface area contributed by atoms with Crippen LogP contribution in [0.1, 0.15) is 36.0 Å². The van der Waals surface area contributed by atoms with Gasteiger partial charge >= 0.3 is 0 Å². The number of ether oxygens (including phenoxy) is 1. The van der Waals surface area contributed by atoms with E-state index in [1.165, 1.54) is 30.4 Å². The third-order valence-corrected chi connectivity index (χ3v) is 3.88. The summed E-state index contributed by atoms with van der Waals surface area (Å²) in [5.74, 6) is 1.77. The molecule has 0 aliphatic carbocycles. The molecule has 0 saturated heterocycles. The van der Waals surface area contributed by atoms with Crippen LogP contribution in [0.2, 0.25) is 0 Å². The van der Waals surface area contributed by atoms with Gasteiger partial charge in [0, 0.05) is 11.5 Å². The molecule has 0 aromatic heterocycles. The second kappa shape index (κ2) is 4.10. The molecule has 86 valence electrons. The van der Waals surface area contributed by atoms with Gasteiger partial charge in [0.25, 0.3) is 0 Å². The highest BCUT2D eigenvalue weighted by Gasteiger charge is 2.27. The van der Waals surface area contributed by atoms with Gasteiger partial charge in [-0.1, -0.05) is 13.0 Å². The quantitative estimate of drug-likeness (QED) is 0.779. The van der Waals surface area contributed by atoms with Gasteiger partial charge in [-0.3, -0.25) is 0 Å². The number of nitrogens with one attached hydrogen (secondary N) is 1. The molecule has 0 unspecified atom stereocenters. The molecule has 1 atom stereocenters. The van der Waals surface area contributed by atoms with Crippen LogP contribution < -0.4 is 10.1 Å². The first-order valence-electron chi connectivity index (χ1n) is 6.38. The highest BCUT2D eigenvalue weighted by atomic mass is 16.5. The lowest BCUT2D eigenvalue weighted by Gasteiger charge is -2.13. The molecular formula is C14H19NO. The normalized spacial score (nSPS) is 23.2. The first-order chi connectivity index (χ1) is 7.90. The molecule has 16 heavy (non-hydrogen) atoms. The minimum Gasteiger partial charge on any atom is -0.493 e. The molecule has 0 amide bonds. The lowest BCUT2D eigenvalue weighted by molar-refractivity contribution is 0.328. The largest absolute Gasteiger partial charge is 0.493 e. The molecule has 0 saturated carbocycles. The van der Waals surface area contributed by atoms with Crippen LogP contribution in [0.4, 0.5) is 0 Å². The minimum absolute atomic E-state index is 0.628. The minimum atomic E-state index is 0.628. The van der Waals surface area contributed by atoms with Gasteiger partial charge < -0.3 is 10.1 Å². The average Bonchev–Trinajstić information content (AvgIpc) is 2.58. The molecule has 1 N–H and O–H groups in total. The number of hydrogen-bond acceptors (Lipinski definition) is 2. The molecule has 0 radical (unpaired) electrons. The Morgan fingerprint density at radius 2 is 2.19 bits per heavy atom. The lowest BCUT2D eigenvalue weighted by atomic mass is 9.89. The van der Waals surface area contributed by atoms with Crippen molar-refractivity contribution in [1.29, 1.82) is 0 Å². The molecule has 1 aromatic carbocycles. The summed E-state index contributed by atoms with van der Waals surface area (Å²) in [6.45, 7) is 5.37. The Hall–Kier alpha value is -1.02. The number of fused-ring (bicyclic) bond motifs is 3.